The second-order valence-corrected chi connectivity index (χ2v) is 5.91. The average Bonchev–Trinajstić information content (AvgIpc) is 2.42. The molecule has 0 fully saturated rings. The number of carbonyl (C=O) groups is 2. The summed E-state index contributed by atoms with van der Waals surface area (Å²) in [5.41, 5.74) is -0.172. The lowest BCUT2D eigenvalue weighted by Gasteiger charge is -2.23. The van der Waals surface area contributed by atoms with Gasteiger partial charge in [-0.3, -0.25) is 4.79 Å². The van der Waals surface area contributed by atoms with Gasteiger partial charge in [-0.25, -0.2) is 9.18 Å². The number of amides is 2. The molecule has 23 heavy (non-hydrogen) atoms. The van der Waals surface area contributed by atoms with Gasteiger partial charge in [-0.2, -0.15) is 5.26 Å². The summed E-state index contributed by atoms with van der Waals surface area (Å²) in [7, 11) is 0. The van der Waals surface area contributed by atoms with E-state index in [-0.39, 0.29) is 13.0 Å². The predicted octanol–water partition coefficient (Wildman–Crippen LogP) is 1.90. The molecular weight excluding hydrogens is 301 g/mol. The molecule has 0 aromatic heterocycles. The summed E-state index contributed by atoms with van der Waals surface area (Å²) in [6.07, 6.45) is -0.681. The smallest absolute Gasteiger partial charge is 0.408 e. The van der Waals surface area contributed by atoms with Crippen molar-refractivity contribution in [3.63, 3.8) is 0 Å². The zero-order chi connectivity index (χ0) is 17.5. The van der Waals surface area contributed by atoms with Gasteiger partial charge in [0.25, 0.3) is 0 Å². The van der Waals surface area contributed by atoms with Crippen LogP contribution in [-0.4, -0.2) is 30.2 Å². The minimum atomic E-state index is -0.972. The minimum absolute atomic E-state index is 0.0776. The summed E-state index contributed by atoms with van der Waals surface area (Å²) >= 11 is 0. The van der Waals surface area contributed by atoms with Crippen molar-refractivity contribution in [2.24, 2.45) is 0 Å². The molecule has 6 nitrogen and oxygen atoms in total. The van der Waals surface area contributed by atoms with Gasteiger partial charge in [0.15, 0.2) is 0 Å². The van der Waals surface area contributed by atoms with Crippen molar-refractivity contribution >= 4 is 12.0 Å². The van der Waals surface area contributed by atoms with Gasteiger partial charge in [0, 0.05) is 6.42 Å². The maximum atomic E-state index is 13.3. The Balaban J connectivity index is 2.82. The van der Waals surface area contributed by atoms with E-state index in [0.717, 1.165) is 0 Å². The molecule has 124 valence electrons. The van der Waals surface area contributed by atoms with Crippen LogP contribution in [0.15, 0.2) is 24.3 Å². The number of nitriles is 1. The number of alkyl carbamates (subject to hydrolysis) is 1. The zero-order valence-electron chi connectivity index (χ0n) is 13.4. The highest BCUT2D eigenvalue weighted by atomic mass is 19.1. The zero-order valence-corrected chi connectivity index (χ0v) is 13.4. The van der Waals surface area contributed by atoms with Gasteiger partial charge in [0.05, 0.1) is 6.07 Å². The largest absolute Gasteiger partial charge is 0.444 e. The first kappa shape index (κ1) is 18.4. The second kappa shape index (κ2) is 8.13. The van der Waals surface area contributed by atoms with Crippen molar-refractivity contribution in [1.82, 2.24) is 10.6 Å². The monoisotopic (exact) mass is 321 g/mol. The standard InChI is InChI=1S/C16H20FN3O3/c1-16(2,3)23-15(22)20-13(14(21)19-8-7-18)10-11-5-4-6-12(17)9-11/h4-6,9,13H,8,10H2,1-3H3,(H,19,21)(H,20,22). The average molecular weight is 321 g/mol. The molecule has 7 heteroatoms. The molecule has 2 amide bonds. The van der Waals surface area contributed by atoms with E-state index < -0.39 is 29.5 Å². The molecule has 0 saturated heterocycles. The number of rotatable bonds is 5. The van der Waals surface area contributed by atoms with Crippen molar-refractivity contribution < 1.29 is 18.7 Å². The molecule has 1 aromatic rings. The Morgan fingerprint density at radius 1 is 1.39 bits per heavy atom. The normalized spacial score (nSPS) is 12.0. The van der Waals surface area contributed by atoms with E-state index in [0.29, 0.717) is 5.56 Å². The van der Waals surface area contributed by atoms with Gasteiger partial charge < -0.3 is 15.4 Å². The fourth-order valence-corrected chi connectivity index (χ4v) is 1.81. The SMILES string of the molecule is CC(C)(C)OC(=O)NC(Cc1cccc(F)c1)C(=O)NCC#N. The van der Waals surface area contributed by atoms with Crippen molar-refractivity contribution in [2.75, 3.05) is 6.54 Å². The Bertz CT molecular complexity index is 605. The maximum absolute atomic E-state index is 13.3. The van der Waals surface area contributed by atoms with Crippen LogP contribution in [0.3, 0.4) is 0 Å². The lowest BCUT2D eigenvalue weighted by atomic mass is 10.1. The van der Waals surface area contributed by atoms with Crippen LogP contribution in [0, 0.1) is 17.1 Å². The van der Waals surface area contributed by atoms with E-state index in [1.807, 2.05) is 0 Å². The third-order valence-electron chi connectivity index (χ3n) is 2.68. The molecule has 0 heterocycles. The molecule has 1 aromatic carbocycles. The van der Waals surface area contributed by atoms with Crippen LogP contribution in [-0.2, 0) is 16.0 Å². The van der Waals surface area contributed by atoms with E-state index >= 15 is 0 Å². The van der Waals surface area contributed by atoms with Gasteiger partial charge in [0.2, 0.25) is 5.91 Å². The van der Waals surface area contributed by atoms with Crippen LogP contribution < -0.4 is 10.6 Å². The van der Waals surface area contributed by atoms with E-state index in [1.165, 1.54) is 18.2 Å². The highest BCUT2D eigenvalue weighted by molar-refractivity contribution is 5.86. The van der Waals surface area contributed by atoms with Gasteiger partial charge in [-0.05, 0) is 38.5 Å². The summed E-state index contributed by atoms with van der Waals surface area (Å²) in [4.78, 5) is 23.9. The molecule has 0 aliphatic carbocycles. The molecule has 0 saturated carbocycles. The fourth-order valence-electron chi connectivity index (χ4n) is 1.81. The molecule has 1 unspecified atom stereocenters. The van der Waals surface area contributed by atoms with E-state index in [4.69, 9.17) is 10.00 Å². The van der Waals surface area contributed by atoms with E-state index in [1.54, 1.807) is 32.9 Å². The van der Waals surface area contributed by atoms with Crippen LogP contribution >= 0.6 is 0 Å². The van der Waals surface area contributed by atoms with E-state index in [9.17, 15) is 14.0 Å². The quantitative estimate of drug-likeness (QED) is 0.810. The Morgan fingerprint density at radius 2 is 2.09 bits per heavy atom. The predicted molar refractivity (Wildman–Crippen MR) is 81.9 cm³/mol. The molecular formula is C16H20FN3O3. The molecule has 0 aliphatic heterocycles. The number of carbonyl (C=O) groups excluding carboxylic acids is 2. The highest BCUT2D eigenvalue weighted by Gasteiger charge is 2.24. The summed E-state index contributed by atoms with van der Waals surface area (Å²) in [5, 5.41) is 13.3. The van der Waals surface area contributed by atoms with Crippen LogP contribution in [0.4, 0.5) is 9.18 Å². The van der Waals surface area contributed by atoms with Gasteiger partial charge >= 0.3 is 6.09 Å². The van der Waals surface area contributed by atoms with E-state index in [2.05, 4.69) is 10.6 Å². The Hall–Kier alpha value is -2.62. The third-order valence-corrected chi connectivity index (χ3v) is 2.68. The van der Waals surface area contributed by atoms with Gasteiger partial charge in [-0.1, -0.05) is 12.1 Å². The molecule has 0 bridgehead atoms. The number of benzene rings is 1. The summed E-state index contributed by atoms with van der Waals surface area (Å²) in [6, 6.07) is 6.54. The van der Waals surface area contributed by atoms with Crippen LogP contribution in [0.5, 0.6) is 0 Å². The second-order valence-electron chi connectivity index (χ2n) is 5.91. The number of halogens is 1. The molecule has 1 atom stereocenters. The van der Waals surface area contributed by atoms with Crippen molar-refractivity contribution in [2.45, 2.75) is 38.8 Å². The van der Waals surface area contributed by atoms with Crippen LogP contribution in [0.1, 0.15) is 26.3 Å². The Labute approximate surface area is 134 Å². The third kappa shape index (κ3) is 7.27. The Kier molecular flexibility index (Phi) is 6.51. The molecule has 2 N–H and O–H groups in total. The lowest BCUT2D eigenvalue weighted by molar-refractivity contribution is -0.122. The van der Waals surface area contributed by atoms with Crippen molar-refractivity contribution in [3.05, 3.63) is 35.6 Å². The summed E-state index contributed by atoms with van der Waals surface area (Å²) < 4.78 is 18.4. The first-order valence-corrected chi connectivity index (χ1v) is 7.10. The fraction of sp³-hybridized carbons (Fsp3) is 0.438. The lowest BCUT2D eigenvalue weighted by Crippen LogP contribution is -2.49. The first-order chi connectivity index (χ1) is 10.7. The van der Waals surface area contributed by atoms with Crippen LogP contribution in [0.25, 0.3) is 0 Å². The number of hydrogen-bond donors (Lipinski definition) is 2. The summed E-state index contributed by atoms with van der Waals surface area (Å²) in [6.45, 7) is 4.91. The summed E-state index contributed by atoms with van der Waals surface area (Å²) in [5.74, 6) is -0.974. The molecule has 0 spiro atoms. The Morgan fingerprint density at radius 3 is 2.65 bits per heavy atom. The minimum Gasteiger partial charge on any atom is -0.444 e. The highest BCUT2D eigenvalue weighted by Crippen LogP contribution is 2.09. The first-order valence-electron chi connectivity index (χ1n) is 7.10. The number of hydrogen-bond acceptors (Lipinski definition) is 4. The molecule has 0 aliphatic rings. The topological polar surface area (TPSA) is 91.2 Å². The van der Waals surface area contributed by atoms with Crippen LogP contribution in [0.2, 0.25) is 0 Å². The van der Waals surface area contributed by atoms with Gasteiger partial charge in [0.1, 0.15) is 24.0 Å². The number of nitrogens with one attached hydrogen (secondary N) is 2. The molecule has 1 rings (SSSR count). The maximum Gasteiger partial charge on any atom is 0.408 e. The number of ether oxygens (including phenoxy) is 1. The van der Waals surface area contributed by atoms with Crippen molar-refractivity contribution in [3.8, 4) is 6.07 Å². The number of nitrogens with zero attached hydrogens (tertiary/aromatic N) is 1. The van der Waals surface area contributed by atoms with Gasteiger partial charge in [-0.15, -0.1) is 0 Å². The van der Waals surface area contributed by atoms with Crippen molar-refractivity contribution in [1.29, 1.82) is 5.26 Å². The molecule has 0 radical (unpaired) electrons.